The lowest BCUT2D eigenvalue weighted by atomic mass is 9.98. The van der Waals surface area contributed by atoms with Crippen molar-refractivity contribution in [3.8, 4) is 40.0 Å². The van der Waals surface area contributed by atoms with Gasteiger partial charge in [0, 0.05) is 23.1 Å². The number of pyridine rings is 1. The number of anilines is 1. The van der Waals surface area contributed by atoms with Crippen LogP contribution in [0.15, 0.2) is 83.9 Å². The molecular formula is C31H25N3O4S. The van der Waals surface area contributed by atoms with Crippen molar-refractivity contribution in [2.45, 2.75) is 23.6 Å². The molecule has 0 saturated carbocycles. The predicted octanol–water partition coefficient (Wildman–Crippen LogP) is 6.04. The van der Waals surface area contributed by atoms with Gasteiger partial charge in [-0.15, -0.1) is 0 Å². The van der Waals surface area contributed by atoms with Gasteiger partial charge in [0.25, 0.3) is 0 Å². The first-order chi connectivity index (χ1) is 18.9. The predicted molar refractivity (Wildman–Crippen MR) is 151 cm³/mol. The molecule has 7 nitrogen and oxygen atoms in total. The molecule has 5 rings (SSSR count). The molecule has 8 heteroatoms. The normalized spacial score (nSPS) is 14.8. The third kappa shape index (κ3) is 5.09. The summed E-state index contributed by atoms with van der Waals surface area (Å²) in [7, 11) is 3.14. The average Bonchev–Trinajstić information content (AvgIpc) is 3.25. The van der Waals surface area contributed by atoms with Gasteiger partial charge < -0.3 is 9.47 Å². The Bertz CT molecular complexity index is 1600. The molecule has 0 N–H and O–H groups in total. The highest BCUT2D eigenvalue weighted by atomic mass is 32.2. The van der Waals surface area contributed by atoms with E-state index in [1.807, 2.05) is 61.5 Å². The highest BCUT2D eigenvalue weighted by Gasteiger charge is 2.41. The van der Waals surface area contributed by atoms with E-state index in [-0.39, 0.29) is 18.2 Å². The minimum absolute atomic E-state index is 0.0112. The molecule has 4 aromatic rings. The first kappa shape index (κ1) is 26.0. The number of thioether (sulfide) groups is 1. The van der Waals surface area contributed by atoms with E-state index in [0.29, 0.717) is 44.6 Å². The molecule has 1 unspecified atom stereocenters. The Labute approximate surface area is 231 Å². The van der Waals surface area contributed by atoms with E-state index in [1.54, 1.807) is 38.5 Å². The van der Waals surface area contributed by atoms with Gasteiger partial charge in [0.1, 0.15) is 22.6 Å². The molecule has 0 spiro atoms. The third-order valence-electron chi connectivity index (χ3n) is 6.52. The van der Waals surface area contributed by atoms with Crippen molar-refractivity contribution >= 4 is 29.3 Å². The van der Waals surface area contributed by atoms with Crippen LogP contribution in [0.3, 0.4) is 0 Å². The van der Waals surface area contributed by atoms with Crippen molar-refractivity contribution in [2.24, 2.45) is 0 Å². The minimum atomic E-state index is -0.718. The zero-order chi connectivity index (χ0) is 27.5. The first-order valence-corrected chi connectivity index (χ1v) is 13.1. The number of aromatic nitrogens is 1. The van der Waals surface area contributed by atoms with Crippen molar-refractivity contribution in [2.75, 3.05) is 19.1 Å². The lowest BCUT2D eigenvalue weighted by Crippen LogP contribution is -2.31. The van der Waals surface area contributed by atoms with E-state index in [1.165, 1.54) is 4.90 Å². The standard InChI is InChI=1S/C31H25N3O4S/c1-19-9-11-21(12-10-19)34-29(35)17-28(31(34)36)39-30-25(18-32)23(16-26(33-30)20-7-5-4-6-8-20)24-15-22(37-2)13-14-27(24)38-3/h4-16,28H,17H2,1-3H3. The lowest BCUT2D eigenvalue weighted by Gasteiger charge is -2.17. The minimum Gasteiger partial charge on any atom is -0.497 e. The number of carbonyl (C=O) groups excluding carboxylic acids is 2. The Balaban J connectivity index is 1.62. The molecule has 2 amide bonds. The summed E-state index contributed by atoms with van der Waals surface area (Å²) in [4.78, 5) is 32.4. The van der Waals surface area contributed by atoms with Crippen LogP contribution >= 0.6 is 11.8 Å². The fourth-order valence-corrected chi connectivity index (χ4v) is 5.63. The van der Waals surface area contributed by atoms with Crippen LogP contribution in [0.1, 0.15) is 17.5 Å². The van der Waals surface area contributed by atoms with Crippen LogP contribution in [-0.2, 0) is 9.59 Å². The van der Waals surface area contributed by atoms with Crippen LogP contribution in [0.25, 0.3) is 22.4 Å². The molecule has 1 saturated heterocycles. The van der Waals surface area contributed by atoms with E-state index < -0.39 is 5.25 Å². The van der Waals surface area contributed by atoms with Gasteiger partial charge in [0.05, 0.1) is 36.4 Å². The fourth-order valence-electron chi connectivity index (χ4n) is 4.50. The van der Waals surface area contributed by atoms with E-state index in [4.69, 9.17) is 14.5 Å². The Morgan fingerprint density at radius 1 is 0.949 bits per heavy atom. The highest BCUT2D eigenvalue weighted by molar-refractivity contribution is 8.00. The summed E-state index contributed by atoms with van der Waals surface area (Å²) in [5.41, 5.74) is 4.59. The van der Waals surface area contributed by atoms with E-state index >= 15 is 0 Å². The Hall–Kier alpha value is -4.61. The molecule has 1 fully saturated rings. The molecule has 2 heterocycles. The summed E-state index contributed by atoms with van der Waals surface area (Å²) in [5, 5.41) is 9.98. The van der Waals surface area contributed by atoms with E-state index in [2.05, 4.69) is 6.07 Å². The Morgan fingerprint density at radius 3 is 2.36 bits per heavy atom. The van der Waals surface area contributed by atoms with Gasteiger partial charge >= 0.3 is 0 Å². The second kappa shape index (κ2) is 11.0. The summed E-state index contributed by atoms with van der Waals surface area (Å²) in [5.74, 6) is 0.553. The monoisotopic (exact) mass is 535 g/mol. The molecule has 3 aromatic carbocycles. The number of rotatable bonds is 7. The van der Waals surface area contributed by atoms with Crippen LogP contribution in [-0.4, -0.2) is 36.3 Å². The number of aryl methyl sites for hydroxylation is 1. The molecule has 0 bridgehead atoms. The van der Waals surface area contributed by atoms with Gasteiger partial charge in [-0.25, -0.2) is 9.88 Å². The van der Waals surface area contributed by atoms with Crippen LogP contribution in [0.5, 0.6) is 11.5 Å². The molecule has 1 aliphatic rings. The van der Waals surface area contributed by atoms with Crippen molar-refractivity contribution in [3.63, 3.8) is 0 Å². The summed E-state index contributed by atoms with van der Waals surface area (Å²) in [6.07, 6.45) is 0.0112. The molecule has 39 heavy (non-hydrogen) atoms. The average molecular weight is 536 g/mol. The second-order valence-corrected chi connectivity index (χ2v) is 10.2. The summed E-state index contributed by atoms with van der Waals surface area (Å²) in [6, 6.07) is 26.4. The van der Waals surface area contributed by atoms with Crippen LogP contribution in [0.4, 0.5) is 5.69 Å². The summed E-state index contributed by atoms with van der Waals surface area (Å²) < 4.78 is 11.1. The molecule has 0 aliphatic carbocycles. The van der Waals surface area contributed by atoms with Gasteiger partial charge in [-0.2, -0.15) is 5.26 Å². The molecule has 1 aromatic heterocycles. The number of ether oxygens (including phenoxy) is 2. The largest absolute Gasteiger partial charge is 0.497 e. The van der Waals surface area contributed by atoms with Gasteiger partial charge in [-0.05, 0) is 43.3 Å². The van der Waals surface area contributed by atoms with E-state index in [0.717, 1.165) is 22.9 Å². The van der Waals surface area contributed by atoms with Crippen molar-refractivity contribution in [3.05, 3.63) is 90.0 Å². The van der Waals surface area contributed by atoms with Crippen LogP contribution in [0.2, 0.25) is 0 Å². The first-order valence-electron chi connectivity index (χ1n) is 12.3. The maximum atomic E-state index is 13.4. The number of nitrogens with zero attached hydrogens (tertiary/aromatic N) is 3. The second-order valence-electron chi connectivity index (χ2n) is 8.99. The van der Waals surface area contributed by atoms with Crippen molar-refractivity contribution in [1.82, 2.24) is 4.98 Å². The number of methoxy groups -OCH3 is 2. The summed E-state index contributed by atoms with van der Waals surface area (Å²) in [6.45, 7) is 1.94. The summed E-state index contributed by atoms with van der Waals surface area (Å²) >= 11 is 1.14. The van der Waals surface area contributed by atoms with E-state index in [9.17, 15) is 14.9 Å². The number of amides is 2. The highest BCUT2D eigenvalue weighted by Crippen LogP contribution is 2.42. The smallest absolute Gasteiger partial charge is 0.247 e. The quantitative estimate of drug-likeness (QED) is 0.267. The Morgan fingerprint density at radius 2 is 1.69 bits per heavy atom. The number of carbonyl (C=O) groups is 2. The number of hydrogen-bond donors (Lipinski definition) is 0. The van der Waals surface area contributed by atoms with Crippen LogP contribution in [0, 0.1) is 18.3 Å². The maximum Gasteiger partial charge on any atom is 0.247 e. The number of imide groups is 1. The number of benzene rings is 3. The van der Waals surface area contributed by atoms with Gasteiger partial charge in [-0.3, -0.25) is 9.59 Å². The topological polar surface area (TPSA) is 92.5 Å². The van der Waals surface area contributed by atoms with Gasteiger partial charge in [0.15, 0.2) is 0 Å². The molecule has 1 aliphatic heterocycles. The van der Waals surface area contributed by atoms with Crippen molar-refractivity contribution < 1.29 is 19.1 Å². The van der Waals surface area contributed by atoms with Crippen LogP contribution < -0.4 is 14.4 Å². The molecule has 1 atom stereocenters. The number of nitriles is 1. The zero-order valence-corrected chi connectivity index (χ0v) is 22.5. The Kier molecular flexibility index (Phi) is 7.35. The molecular weight excluding hydrogens is 510 g/mol. The number of hydrogen-bond acceptors (Lipinski definition) is 7. The molecule has 0 radical (unpaired) electrons. The molecule has 194 valence electrons. The van der Waals surface area contributed by atoms with Gasteiger partial charge in [-0.1, -0.05) is 59.8 Å². The third-order valence-corrected chi connectivity index (χ3v) is 7.69. The van der Waals surface area contributed by atoms with Gasteiger partial charge in [0.2, 0.25) is 11.8 Å². The zero-order valence-electron chi connectivity index (χ0n) is 21.7. The maximum absolute atomic E-state index is 13.4. The lowest BCUT2D eigenvalue weighted by molar-refractivity contribution is -0.121. The van der Waals surface area contributed by atoms with Crippen molar-refractivity contribution in [1.29, 1.82) is 5.26 Å². The fraction of sp³-hybridized carbons (Fsp3) is 0.161. The SMILES string of the molecule is COc1ccc(OC)c(-c2cc(-c3ccccc3)nc(SC3CC(=O)N(c4ccc(C)cc4)C3=O)c2C#N)c1.